The molecule has 0 radical (unpaired) electrons. The number of aromatic amines is 1. The fourth-order valence-electron chi connectivity index (χ4n) is 2.63. The van der Waals surface area contributed by atoms with Gasteiger partial charge in [0.15, 0.2) is 0 Å². The van der Waals surface area contributed by atoms with Crippen LogP contribution in [0.3, 0.4) is 0 Å². The minimum Gasteiger partial charge on any atom is -0.355 e. The van der Waals surface area contributed by atoms with Crippen molar-refractivity contribution in [2.45, 2.75) is 19.8 Å². The molecule has 1 aromatic heterocycles. The lowest BCUT2D eigenvalue weighted by atomic mass is 9.83. The zero-order valence-corrected chi connectivity index (χ0v) is 11.1. The summed E-state index contributed by atoms with van der Waals surface area (Å²) >= 11 is 0. The van der Waals surface area contributed by atoms with Crippen LogP contribution >= 0.6 is 0 Å². The second-order valence-corrected chi connectivity index (χ2v) is 5.69. The van der Waals surface area contributed by atoms with E-state index in [0.29, 0.717) is 5.95 Å². The number of imidazole rings is 1. The molecule has 1 fully saturated rings. The number of rotatable bonds is 3. The van der Waals surface area contributed by atoms with Crippen LogP contribution in [-0.2, 0) is 0 Å². The first-order chi connectivity index (χ1) is 9.15. The number of benzene rings is 1. The third-order valence-electron chi connectivity index (χ3n) is 3.81. The van der Waals surface area contributed by atoms with Crippen molar-refractivity contribution in [2.75, 3.05) is 25.0 Å². The lowest BCUT2D eigenvalue weighted by molar-refractivity contribution is 0.253. The maximum atomic E-state index is 13.1. The van der Waals surface area contributed by atoms with Gasteiger partial charge in [-0.25, -0.2) is 9.37 Å². The van der Waals surface area contributed by atoms with Gasteiger partial charge in [0.25, 0.3) is 0 Å². The Morgan fingerprint density at radius 3 is 3.16 bits per heavy atom. The molecule has 4 nitrogen and oxygen atoms in total. The highest BCUT2D eigenvalue weighted by Gasteiger charge is 2.26. The summed E-state index contributed by atoms with van der Waals surface area (Å²) in [7, 11) is 0. The number of anilines is 1. The van der Waals surface area contributed by atoms with E-state index in [4.69, 9.17) is 0 Å². The molecule has 0 spiro atoms. The maximum Gasteiger partial charge on any atom is 0.201 e. The van der Waals surface area contributed by atoms with Crippen LogP contribution in [0.2, 0.25) is 0 Å². The number of hydrogen-bond donors (Lipinski definition) is 3. The molecule has 0 saturated carbocycles. The minimum atomic E-state index is -0.244. The van der Waals surface area contributed by atoms with E-state index in [0.717, 1.165) is 30.7 Å². The first-order valence-corrected chi connectivity index (χ1v) is 6.75. The van der Waals surface area contributed by atoms with Crippen LogP contribution < -0.4 is 10.6 Å². The lowest BCUT2D eigenvalue weighted by Gasteiger charge is -2.34. The molecule has 2 aromatic rings. The van der Waals surface area contributed by atoms with Crippen molar-refractivity contribution >= 4 is 17.0 Å². The summed E-state index contributed by atoms with van der Waals surface area (Å²) in [5.74, 6) is 0.471. The topological polar surface area (TPSA) is 52.7 Å². The van der Waals surface area contributed by atoms with Crippen molar-refractivity contribution in [3.05, 3.63) is 24.0 Å². The molecule has 102 valence electrons. The van der Waals surface area contributed by atoms with Gasteiger partial charge in [0.1, 0.15) is 5.82 Å². The average molecular weight is 262 g/mol. The normalized spacial score (nSPS) is 23.7. The van der Waals surface area contributed by atoms with E-state index in [-0.39, 0.29) is 11.2 Å². The molecular weight excluding hydrogens is 243 g/mol. The van der Waals surface area contributed by atoms with Crippen LogP contribution in [0.15, 0.2) is 18.2 Å². The number of fused-ring (bicyclic) bond motifs is 1. The van der Waals surface area contributed by atoms with Crippen molar-refractivity contribution < 1.29 is 4.39 Å². The third-order valence-corrected chi connectivity index (χ3v) is 3.81. The summed E-state index contributed by atoms with van der Waals surface area (Å²) < 4.78 is 13.1. The van der Waals surface area contributed by atoms with E-state index < -0.39 is 0 Å². The number of nitrogens with one attached hydrogen (secondary N) is 3. The maximum absolute atomic E-state index is 13.1. The largest absolute Gasteiger partial charge is 0.355 e. The molecule has 0 bridgehead atoms. The molecule has 0 amide bonds. The van der Waals surface area contributed by atoms with E-state index in [1.165, 1.54) is 25.0 Å². The summed E-state index contributed by atoms with van der Waals surface area (Å²) in [5, 5.41) is 6.76. The Balaban J connectivity index is 1.71. The second kappa shape index (κ2) is 4.81. The van der Waals surface area contributed by atoms with E-state index in [1.807, 2.05) is 0 Å². The van der Waals surface area contributed by atoms with Crippen molar-refractivity contribution in [2.24, 2.45) is 5.41 Å². The van der Waals surface area contributed by atoms with Gasteiger partial charge in [-0.2, -0.15) is 0 Å². The van der Waals surface area contributed by atoms with Crippen molar-refractivity contribution in [3.63, 3.8) is 0 Å². The molecule has 1 atom stereocenters. The number of hydrogen-bond acceptors (Lipinski definition) is 3. The van der Waals surface area contributed by atoms with Gasteiger partial charge in [-0.05, 0) is 43.0 Å². The Morgan fingerprint density at radius 1 is 1.47 bits per heavy atom. The highest BCUT2D eigenvalue weighted by atomic mass is 19.1. The molecule has 5 heteroatoms. The summed E-state index contributed by atoms with van der Waals surface area (Å²) in [6, 6.07) is 4.59. The molecule has 1 saturated heterocycles. The standard InChI is InChI=1S/C14H19FN4/c1-14(5-2-6-16-8-14)9-17-13-18-11-4-3-10(15)7-12(11)19-13/h3-4,7,16H,2,5-6,8-9H2,1H3,(H2,17,18,19). The number of halogens is 1. The third kappa shape index (κ3) is 2.71. The van der Waals surface area contributed by atoms with Gasteiger partial charge in [-0.3, -0.25) is 0 Å². The zero-order chi connectivity index (χ0) is 13.3. The van der Waals surface area contributed by atoms with Gasteiger partial charge in [0, 0.05) is 13.1 Å². The van der Waals surface area contributed by atoms with Gasteiger partial charge in [0.2, 0.25) is 5.95 Å². The SMILES string of the molecule is CC1(CNc2nc3ccc(F)cc3[nH]2)CCCNC1. The van der Waals surface area contributed by atoms with Crippen molar-refractivity contribution in [1.82, 2.24) is 15.3 Å². The Kier molecular flexibility index (Phi) is 3.14. The zero-order valence-electron chi connectivity index (χ0n) is 11.1. The Hall–Kier alpha value is -1.62. The molecule has 2 heterocycles. The minimum absolute atomic E-state index is 0.244. The smallest absolute Gasteiger partial charge is 0.201 e. The first kappa shape index (κ1) is 12.4. The van der Waals surface area contributed by atoms with Crippen LogP contribution in [0, 0.1) is 11.2 Å². The fourth-order valence-corrected chi connectivity index (χ4v) is 2.63. The highest BCUT2D eigenvalue weighted by molar-refractivity contribution is 5.77. The summed E-state index contributed by atoms with van der Waals surface area (Å²) in [5.41, 5.74) is 1.77. The van der Waals surface area contributed by atoms with E-state index in [9.17, 15) is 4.39 Å². The number of nitrogens with zero attached hydrogens (tertiary/aromatic N) is 1. The molecule has 19 heavy (non-hydrogen) atoms. The molecule has 3 rings (SSSR count). The van der Waals surface area contributed by atoms with Crippen LogP contribution in [0.1, 0.15) is 19.8 Å². The van der Waals surface area contributed by atoms with Gasteiger partial charge < -0.3 is 15.6 Å². The molecule has 1 aliphatic heterocycles. The number of aromatic nitrogens is 2. The van der Waals surface area contributed by atoms with E-state index in [2.05, 4.69) is 27.5 Å². The van der Waals surface area contributed by atoms with E-state index >= 15 is 0 Å². The Morgan fingerprint density at radius 2 is 2.37 bits per heavy atom. The molecule has 0 aliphatic carbocycles. The Labute approximate surface area is 111 Å². The van der Waals surface area contributed by atoms with Gasteiger partial charge in [0.05, 0.1) is 11.0 Å². The summed E-state index contributed by atoms with van der Waals surface area (Å²) in [6.07, 6.45) is 2.42. The van der Waals surface area contributed by atoms with Crippen LogP contribution in [0.25, 0.3) is 11.0 Å². The second-order valence-electron chi connectivity index (χ2n) is 5.69. The van der Waals surface area contributed by atoms with Gasteiger partial charge in [-0.1, -0.05) is 6.92 Å². The lowest BCUT2D eigenvalue weighted by Crippen LogP contribution is -2.42. The monoisotopic (exact) mass is 262 g/mol. The fraction of sp³-hybridized carbons (Fsp3) is 0.500. The highest BCUT2D eigenvalue weighted by Crippen LogP contribution is 2.25. The van der Waals surface area contributed by atoms with E-state index in [1.54, 1.807) is 6.07 Å². The predicted octanol–water partition coefficient (Wildman–Crippen LogP) is 2.50. The first-order valence-electron chi connectivity index (χ1n) is 6.75. The number of H-pyrrole nitrogens is 1. The van der Waals surface area contributed by atoms with Crippen molar-refractivity contribution in [3.8, 4) is 0 Å². The molecule has 3 N–H and O–H groups in total. The molecular formula is C14H19FN4. The van der Waals surface area contributed by atoms with Crippen LogP contribution in [-0.4, -0.2) is 29.6 Å². The molecule has 1 aromatic carbocycles. The molecule has 1 unspecified atom stereocenters. The molecule has 1 aliphatic rings. The predicted molar refractivity (Wildman–Crippen MR) is 74.8 cm³/mol. The van der Waals surface area contributed by atoms with Crippen LogP contribution in [0.4, 0.5) is 10.3 Å². The van der Waals surface area contributed by atoms with Gasteiger partial charge >= 0.3 is 0 Å². The number of piperidine rings is 1. The summed E-state index contributed by atoms with van der Waals surface area (Å²) in [4.78, 5) is 7.53. The van der Waals surface area contributed by atoms with Crippen LogP contribution in [0.5, 0.6) is 0 Å². The Bertz CT molecular complexity index is 572. The quantitative estimate of drug-likeness (QED) is 0.796. The summed E-state index contributed by atoms with van der Waals surface area (Å²) in [6.45, 7) is 5.27. The average Bonchev–Trinajstić information content (AvgIpc) is 2.79. The van der Waals surface area contributed by atoms with Crippen molar-refractivity contribution in [1.29, 1.82) is 0 Å². The van der Waals surface area contributed by atoms with Gasteiger partial charge in [-0.15, -0.1) is 0 Å².